The lowest BCUT2D eigenvalue weighted by Gasteiger charge is -2.13. The molecule has 3 aromatic heterocycles. The van der Waals surface area contributed by atoms with Crippen molar-refractivity contribution in [2.45, 2.75) is 12.8 Å². The standard InChI is InChI=1S/C25H26Cl2N6O3/c1-31(2)10-6-9-21(34)20-12-16(14-32(20)3)29-25-28-13-15-11-17(22-18(26)7-5-8-19(22)27)24(35)33(36-4)23(15)30-25/h5,7-8,11-14H,6,9-10H2,1-4H3,(H,28,29,30). The number of carbonyl (C=O) groups is 1. The van der Waals surface area contributed by atoms with Gasteiger partial charge in [-0.05, 0) is 51.3 Å². The Labute approximate surface area is 218 Å². The molecule has 0 aliphatic carbocycles. The molecule has 1 aromatic carbocycles. The van der Waals surface area contributed by atoms with E-state index in [1.165, 1.54) is 7.11 Å². The summed E-state index contributed by atoms with van der Waals surface area (Å²) >= 11 is 12.7. The molecule has 0 radical (unpaired) electrons. The molecule has 11 heteroatoms. The fourth-order valence-electron chi connectivity index (χ4n) is 3.96. The normalized spacial score (nSPS) is 11.3. The molecule has 0 amide bonds. The maximum Gasteiger partial charge on any atom is 0.293 e. The Hall–Kier alpha value is -3.40. The molecule has 9 nitrogen and oxygen atoms in total. The molecule has 0 saturated carbocycles. The summed E-state index contributed by atoms with van der Waals surface area (Å²) in [4.78, 5) is 42.1. The minimum absolute atomic E-state index is 0.0609. The zero-order valence-corrected chi connectivity index (χ0v) is 21.9. The third-order valence-electron chi connectivity index (χ3n) is 5.67. The molecule has 188 valence electrons. The van der Waals surface area contributed by atoms with Gasteiger partial charge in [0.1, 0.15) is 7.11 Å². The first-order valence-corrected chi connectivity index (χ1v) is 12.0. The van der Waals surface area contributed by atoms with Gasteiger partial charge in [-0.2, -0.15) is 4.98 Å². The van der Waals surface area contributed by atoms with Crippen LogP contribution in [0.1, 0.15) is 23.3 Å². The number of ketones is 1. The van der Waals surface area contributed by atoms with Crippen LogP contribution in [0.2, 0.25) is 10.0 Å². The summed E-state index contributed by atoms with van der Waals surface area (Å²) in [5.74, 6) is 0.305. The minimum Gasteiger partial charge on any atom is -0.412 e. The molecule has 0 fully saturated rings. The van der Waals surface area contributed by atoms with E-state index < -0.39 is 5.56 Å². The van der Waals surface area contributed by atoms with Gasteiger partial charge in [0.2, 0.25) is 5.95 Å². The molecule has 0 atom stereocenters. The van der Waals surface area contributed by atoms with Crippen molar-refractivity contribution in [2.75, 3.05) is 33.1 Å². The Morgan fingerprint density at radius 1 is 1.19 bits per heavy atom. The second-order valence-electron chi connectivity index (χ2n) is 8.59. The Morgan fingerprint density at radius 3 is 2.58 bits per heavy atom. The molecule has 4 aromatic rings. The number of rotatable bonds is 9. The van der Waals surface area contributed by atoms with E-state index in [0.29, 0.717) is 38.8 Å². The van der Waals surface area contributed by atoms with E-state index in [0.717, 1.165) is 17.7 Å². The van der Waals surface area contributed by atoms with Crippen LogP contribution in [0.25, 0.3) is 22.2 Å². The zero-order valence-electron chi connectivity index (χ0n) is 20.4. The van der Waals surface area contributed by atoms with Gasteiger partial charge in [-0.25, -0.2) is 4.98 Å². The summed E-state index contributed by atoms with van der Waals surface area (Å²) < 4.78 is 2.84. The van der Waals surface area contributed by atoms with Gasteiger partial charge in [0, 0.05) is 36.8 Å². The van der Waals surface area contributed by atoms with Crippen molar-refractivity contribution in [3.8, 4) is 11.1 Å². The van der Waals surface area contributed by atoms with E-state index in [1.807, 2.05) is 26.0 Å². The topological polar surface area (TPSA) is 94.3 Å². The molecule has 4 rings (SSSR count). The molecule has 36 heavy (non-hydrogen) atoms. The Morgan fingerprint density at radius 2 is 1.92 bits per heavy atom. The first-order chi connectivity index (χ1) is 17.2. The van der Waals surface area contributed by atoms with Crippen LogP contribution in [0.4, 0.5) is 11.6 Å². The van der Waals surface area contributed by atoms with Gasteiger partial charge in [-0.15, -0.1) is 4.73 Å². The first kappa shape index (κ1) is 25.7. The van der Waals surface area contributed by atoms with Gasteiger partial charge in [0.05, 0.1) is 27.0 Å². The summed E-state index contributed by atoms with van der Waals surface area (Å²) in [6.45, 7) is 0.845. The monoisotopic (exact) mass is 528 g/mol. The number of carbonyl (C=O) groups excluding carboxylic acids is 1. The van der Waals surface area contributed by atoms with Gasteiger partial charge in [0.15, 0.2) is 11.4 Å². The third-order valence-corrected chi connectivity index (χ3v) is 6.30. The number of fused-ring (bicyclic) bond motifs is 1. The lowest BCUT2D eigenvalue weighted by atomic mass is 10.1. The third kappa shape index (κ3) is 5.23. The number of halogens is 2. The van der Waals surface area contributed by atoms with Crippen LogP contribution in [0.15, 0.2) is 47.5 Å². The molecule has 0 aliphatic heterocycles. The Bertz CT molecular complexity index is 1480. The van der Waals surface area contributed by atoms with E-state index in [4.69, 9.17) is 28.0 Å². The number of aromatic nitrogens is 4. The van der Waals surface area contributed by atoms with E-state index in [-0.39, 0.29) is 22.9 Å². The molecule has 0 bridgehead atoms. The molecule has 0 aliphatic rings. The van der Waals surface area contributed by atoms with Gasteiger partial charge >= 0.3 is 0 Å². The first-order valence-electron chi connectivity index (χ1n) is 11.2. The average molecular weight is 529 g/mol. The fraction of sp³-hybridized carbons (Fsp3) is 0.280. The number of hydrogen-bond donors (Lipinski definition) is 1. The van der Waals surface area contributed by atoms with Crippen LogP contribution in [0, 0.1) is 0 Å². The predicted molar refractivity (Wildman–Crippen MR) is 143 cm³/mol. The lowest BCUT2D eigenvalue weighted by Crippen LogP contribution is -2.27. The average Bonchev–Trinajstić information content (AvgIpc) is 3.19. The van der Waals surface area contributed by atoms with Crippen molar-refractivity contribution in [3.05, 3.63) is 68.8 Å². The van der Waals surface area contributed by atoms with Gasteiger partial charge in [-0.1, -0.05) is 29.3 Å². The highest BCUT2D eigenvalue weighted by atomic mass is 35.5. The lowest BCUT2D eigenvalue weighted by molar-refractivity contribution is 0.0969. The molecule has 0 saturated heterocycles. The van der Waals surface area contributed by atoms with Crippen molar-refractivity contribution < 1.29 is 9.63 Å². The van der Waals surface area contributed by atoms with E-state index in [2.05, 4.69) is 15.3 Å². The number of pyridine rings is 1. The van der Waals surface area contributed by atoms with Crippen LogP contribution in [-0.2, 0) is 7.05 Å². The number of hydrogen-bond acceptors (Lipinski definition) is 7. The van der Waals surface area contributed by atoms with Crippen molar-refractivity contribution >= 4 is 51.7 Å². The quantitative estimate of drug-likeness (QED) is 0.321. The predicted octanol–water partition coefficient (Wildman–Crippen LogP) is 4.43. The minimum atomic E-state index is -0.463. The highest BCUT2D eigenvalue weighted by molar-refractivity contribution is 6.39. The van der Waals surface area contributed by atoms with Crippen molar-refractivity contribution in [3.63, 3.8) is 0 Å². The summed E-state index contributed by atoms with van der Waals surface area (Å²) in [5, 5.41) is 4.35. The number of benzene rings is 1. The second kappa shape index (κ2) is 10.7. The smallest absolute Gasteiger partial charge is 0.293 e. The van der Waals surface area contributed by atoms with E-state index >= 15 is 0 Å². The van der Waals surface area contributed by atoms with Crippen molar-refractivity contribution in [2.24, 2.45) is 7.05 Å². The number of nitrogens with one attached hydrogen (secondary N) is 1. The number of Topliss-reactive ketones (excluding diaryl/α,β-unsaturated/α-hetero) is 1. The maximum absolute atomic E-state index is 13.2. The zero-order chi connectivity index (χ0) is 26.0. The largest absolute Gasteiger partial charge is 0.412 e. The molecular weight excluding hydrogens is 503 g/mol. The maximum atomic E-state index is 13.2. The number of aryl methyl sites for hydroxylation is 1. The summed E-state index contributed by atoms with van der Waals surface area (Å²) in [5.41, 5.74) is 1.72. The highest BCUT2D eigenvalue weighted by Gasteiger charge is 2.19. The number of anilines is 2. The summed E-state index contributed by atoms with van der Waals surface area (Å²) in [7, 11) is 7.15. The van der Waals surface area contributed by atoms with Crippen LogP contribution < -0.4 is 15.7 Å². The molecule has 1 N–H and O–H groups in total. The Balaban J connectivity index is 1.66. The molecule has 0 spiro atoms. The van der Waals surface area contributed by atoms with Gasteiger partial charge in [0.25, 0.3) is 5.56 Å². The van der Waals surface area contributed by atoms with Gasteiger partial charge in [-0.3, -0.25) is 9.59 Å². The van der Waals surface area contributed by atoms with Gasteiger partial charge < -0.3 is 19.6 Å². The van der Waals surface area contributed by atoms with Crippen LogP contribution in [-0.4, -0.2) is 57.7 Å². The van der Waals surface area contributed by atoms with Crippen molar-refractivity contribution in [1.82, 2.24) is 24.2 Å². The summed E-state index contributed by atoms with van der Waals surface area (Å²) in [6.07, 6.45) is 4.60. The second-order valence-corrected chi connectivity index (χ2v) is 9.40. The SMILES string of the molecule is COn1c(=O)c(-c2c(Cl)cccc2Cl)cc2cnc(Nc3cc(C(=O)CCCN(C)C)n(C)c3)nc21. The fourth-order valence-corrected chi connectivity index (χ4v) is 4.56. The van der Waals surface area contributed by atoms with E-state index in [9.17, 15) is 9.59 Å². The van der Waals surface area contributed by atoms with E-state index in [1.54, 1.807) is 47.3 Å². The number of nitrogens with zero attached hydrogens (tertiary/aromatic N) is 5. The highest BCUT2D eigenvalue weighted by Crippen LogP contribution is 2.33. The Kier molecular flexibility index (Phi) is 7.63. The molecule has 0 unspecified atom stereocenters. The van der Waals surface area contributed by atoms with Crippen LogP contribution in [0.5, 0.6) is 0 Å². The summed E-state index contributed by atoms with van der Waals surface area (Å²) in [6, 6.07) is 8.42. The van der Waals surface area contributed by atoms with Crippen molar-refractivity contribution in [1.29, 1.82) is 0 Å². The van der Waals surface area contributed by atoms with Crippen LogP contribution in [0.3, 0.4) is 0 Å². The van der Waals surface area contributed by atoms with Crippen LogP contribution >= 0.6 is 23.2 Å². The molecule has 3 heterocycles. The molecular formula is C25H26Cl2N6O3.